The Balaban J connectivity index is 1.63. The van der Waals surface area contributed by atoms with Gasteiger partial charge in [-0.3, -0.25) is 4.79 Å². The molecule has 0 aliphatic heterocycles. The molecule has 6 unspecified atom stereocenters. The third kappa shape index (κ3) is 1.89. The van der Waals surface area contributed by atoms with Crippen LogP contribution in [-0.2, 0) is 4.79 Å². The van der Waals surface area contributed by atoms with Crippen LogP contribution in [0.5, 0.6) is 0 Å². The minimum absolute atomic E-state index is 0.0735. The molecule has 4 aliphatic carbocycles. The molecule has 4 rings (SSSR count). The van der Waals surface area contributed by atoms with Gasteiger partial charge >= 0.3 is 0 Å². The van der Waals surface area contributed by atoms with Gasteiger partial charge < -0.3 is 0 Å². The van der Waals surface area contributed by atoms with E-state index in [1.807, 2.05) is 0 Å². The van der Waals surface area contributed by atoms with E-state index in [0.29, 0.717) is 30.0 Å². The summed E-state index contributed by atoms with van der Waals surface area (Å²) in [5, 5.41) is 0. The second-order valence-electron chi connectivity index (χ2n) is 9.14. The van der Waals surface area contributed by atoms with E-state index in [9.17, 15) is 13.6 Å². The highest BCUT2D eigenvalue weighted by molar-refractivity contribution is 5.87. The van der Waals surface area contributed by atoms with Crippen LogP contribution < -0.4 is 0 Å². The molecule has 0 aromatic carbocycles. The lowest BCUT2D eigenvalue weighted by atomic mass is 9.45. The summed E-state index contributed by atoms with van der Waals surface area (Å²) in [6.45, 7) is 4.48. The first-order chi connectivity index (χ1) is 10.3. The molecule has 6 atom stereocenters. The predicted molar refractivity (Wildman–Crippen MR) is 81.7 cm³/mol. The third-order valence-corrected chi connectivity index (χ3v) is 8.35. The minimum atomic E-state index is -2.44. The van der Waals surface area contributed by atoms with Crippen molar-refractivity contribution in [2.24, 2.45) is 34.5 Å². The van der Waals surface area contributed by atoms with Crippen LogP contribution in [0.4, 0.5) is 8.78 Å². The molecule has 1 nitrogen and oxygen atoms in total. The lowest BCUT2D eigenvalue weighted by Gasteiger charge is -2.60. The molecule has 0 aromatic heterocycles. The summed E-state index contributed by atoms with van der Waals surface area (Å²) < 4.78 is 27.7. The van der Waals surface area contributed by atoms with Gasteiger partial charge in [0.15, 0.2) is 0 Å². The summed E-state index contributed by atoms with van der Waals surface area (Å²) in [5.74, 6) is -0.0652. The van der Waals surface area contributed by atoms with Crippen LogP contribution in [0.3, 0.4) is 0 Å². The lowest BCUT2D eigenvalue weighted by molar-refractivity contribution is -0.163. The van der Waals surface area contributed by atoms with Gasteiger partial charge in [0.1, 0.15) is 5.78 Å². The summed E-state index contributed by atoms with van der Waals surface area (Å²) in [4.78, 5) is 12.4. The smallest absolute Gasteiger partial charge is 0.248 e. The van der Waals surface area contributed by atoms with Crippen LogP contribution in [0.2, 0.25) is 0 Å². The van der Waals surface area contributed by atoms with E-state index in [0.717, 1.165) is 38.5 Å². The zero-order valence-electron chi connectivity index (χ0n) is 13.8. The molecule has 0 N–H and O–H groups in total. The van der Waals surface area contributed by atoms with Crippen LogP contribution >= 0.6 is 0 Å². The molecule has 0 radical (unpaired) electrons. The van der Waals surface area contributed by atoms with Crippen molar-refractivity contribution in [3.8, 4) is 0 Å². The molecule has 0 amide bonds. The maximum absolute atomic E-state index is 13.9. The number of halogens is 2. The van der Waals surface area contributed by atoms with Crippen molar-refractivity contribution < 1.29 is 13.6 Å². The minimum Gasteiger partial charge on any atom is -0.299 e. The number of rotatable bonds is 0. The third-order valence-electron chi connectivity index (χ3n) is 8.35. The van der Waals surface area contributed by atoms with E-state index in [-0.39, 0.29) is 29.6 Å². The van der Waals surface area contributed by atoms with Crippen LogP contribution in [-0.4, -0.2) is 11.7 Å². The first kappa shape index (κ1) is 15.1. The quantitative estimate of drug-likeness (QED) is 0.598. The summed E-state index contributed by atoms with van der Waals surface area (Å²) in [7, 11) is 0. The van der Waals surface area contributed by atoms with Gasteiger partial charge in [0.2, 0.25) is 5.92 Å². The molecule has 0 saturated heterocycles. The largest absolute Gasteiger partial charge is 0.299 e. The molecule has 0 heterocycles. The van der Waals surface area contributed by atoms with Gasteiger partial charge in [-0.1, -0.05) is 13.8 Å². The van der Waals surface area contributed by atoms with Crippen molar-refractivity contribution in [2.75, 3.05) is 0 Å². The Labute approximate surface area is 132 Å². The molecule has 0 aromatic rings. The van der Waals surface area contributed by atoms with Crippen LogP contribution in [0.1, 0.15) is 71.6 Å². The number of ketones is 1. The fourth-order valence-electron chi connectivity index (χ4n) is 6.95. The summed E-state index contributed by atoms with van der Waals surface area (Å²) >= 11 is 0. The monoisotopic (exact) mass is 310 g/mol. The molecular formula is C19H28F2O. The van der Waals surface area contributed by atoms with Crippen LogP contribution in [0.15, 0.2) is 0 Å². The number of alkyl halides is 2. The van der Waals surface area contributed by atoms with Gasteiger partial charge in [-0.2, -0.15) is 0 Å². The maximum Gasteiger partial charge on any atom is 0.248 e. The zero-order valence-corrected chi connectivity index (χ0v) is 13.8. The highest BCUT2D eigenvalue weighted by atomic mass is 19.3. The van der Waals surface area contributed by atoms with E-state index in [2.05, 4.69) is 13.8 Å². The standard InChI is InChI=1S/C19H28F2O/c1-17-9-10-19(20,21)11-12(17)3-4-13-14-5-6-16(22)18(14,2)8-7-15(13)17/h12-15H,3-11H2,1-2H3. The fraction of sp³-hybridized carbons (Fsp3) is 0.947. The molecule has 0 bridgehead atoms. The Morgan fingerprint density at radius 3 is 2.50 bits per heavy atom. The van der Waals surface area contributed by atoms with Crippen molar-refractivity contribution in [3.63, 3.8) is 0 Å². The van der Waals surface area contributed by atoms with Gasteiger partial charge in [-0.25, -0.2) is 8.78 Å². The summed E-state index contributed by atoms with van der Waals surface area (Å²) in [5.41, 5.74) is 0.000528. The zero-order chi connectivity index (χ0) is 15.8. The van der Waals surface area contributed by atoms with Crippen molar-refractivity contribution in [1.82, 2.24) is 0 Å². The number of hydrogen-bond acceptors (Lipinski definition) is 1. The highest BCUT2D eigenvalue weighted by Crippen LogP contribution is 2.66. The van der Waals surface area contributed by atoms with E-state index >= 15 is 0 Å². The van der Waals surface area contributed by atoms with E-state index in [4.69, 9.17) is 0 Å². The van der Waals surface area contributed by atoms with Crippen molar-refractivity contribution in [1.29, 1.82) is 0 Å². The fourth-order valence-corrected chi connectivity index (χ4v) is 6.95. The molecule has 4 saturated carbocycles. The van der Waals surface area contributed by atoms with Crippen LogP contribution in [0.25, 0.3) is 0 Å². The first-order valence-electron chi connectivity index (χ1n) is 9.17. The van der Waals surface area contributed by atoms with Crippen molar-refractivity contribution in [2.45, 2.75) is 77.6 Å². The van der Waals surface area contributed by atoms with Gasteiger partial charge in [0.25, 0.3) is 0 Å². The molecule has 0 spiro atoms. The van der Waals surface area contributed by atoms with E-state index in [1.165, 1.54) is 0 Å². The molecule has 4 fully saturated rings. The molecule has 22 heavy (non-hydrogen) atoms. The second kappa shape index (κ2) is 4.54. The Bertz CT molecular complexity index is 502. The number of carbonyl (C=O) groups is 1. The maximum atomic E-state index is 13.9. The molecule has 124 valence electrons. The highest BCUT2D eigenvalue weighted by Gasteiger charge is 2.61. The van der Waals surface area contributed by atoms with Crippen molar-refractivity contribution >= 4 is 5.78 Å². The van der Waals surface area contributed by atoms with Crippen molar-refractivity contribution in [3.05, 3.63) is 0 Å². The van der Waals surface area contributed by atoms with E-state index in [1.54, 1.807) is 0 Å². The summed E-state index contributed by atoms with van der Waals surface area (Å²) in [6, 6.07) is 0. The molecular weight excluding hydrogens is 282 g/mol. The van der Waals surface area contributed by atoms with Gasteiger partial charge in [0.05, 0.1) is 0 Å². The number of fused-ring (bicyclic) bond motifs is 5. The normalized spacial score (nSPS) is 53.5. The van der Waals surface area contributed by atoms with Gasteiger partial charge in [0, 0.05) is 24.7 Å². The molecule has 3 heteroatoms. The van der Waals surface area contributed by atoms with E-state index < -0.39 is 5.92 Å². The number of carbonyl (C=O) groups excluding carboxylic acids is 1. The second-order valence-corrected chi connectivity index (χ2v) is 9.14. The Kier molecular flexibility index (Phi) is 3.11. The lowest BCUT2D eigenvalue weighted by Crippen LogP contribution is -2.54. The van der Waals surface area contributed by atoms with Gasteiger partial charge in [-0.05, 0) is 67.6 Å². The average Bonchev–Trinajstić information content (AvgIpc) is 2.76. The Hall–Kier alpha value is -0.470. The number of hydrogen-bond donors (Lipinski definition) is 0. The Morgan fingerprint density at radius 1 is 0.955 bits per heavy atom. The first-order valence-corrected chi connectivity index (χ1v) is 9.17. The Morgan fingerprint density at radius 2 is 1.73 bits per heavy atom. The number of Topliss-reactive ketones (excluding diaryl/α,β-unsaturated/α-hetero) is 1. The van der Waals surface area contributed by atoms with Gasteiger partial charge in [-0.15, -0.1) is 0 Å². The topological polar surface area (TPSA) is 17.1 Å². The molecule has 4 aliphatic rings. The van der Waals surface area contributed by atoms with Crippen LogP contribution in [0, 0.1) is 34.5 Å². The average molecular weight is 310 g/mol. The SMILES string of the molecule is CC12CCC3C(CCC4CC(F)(F)CCC43C)C1CCC2=O. The summed E-state index contributed by atoms with van der Waals surface area (Å²) in [6.07, 6.45) is 6.78. The predicted octanol–water partition coefficient (Wildman–Crippen LogP) is 5.23.